The summed E-state index contributed by atoms with van der Waals surface area (Å²) in [6.07, 6.45) is 2.68. The molecule has 0 fully saturated rings. The van der Waals surface area contributed by atoms with E-state index in [1.165, 1.54) is 11.3 Å². The van der Waals surface area contributed by atoms with Crippen LogP contribution in [0.15, 0.2) is 17.5 Å². The van der Waals surface area contributed by atoms with E-state index in [-0.39, 0.29) is 0 Å². The van der Waals surface area contributed by atoms with Crippen molar-refractivity contribution in [2.45, 2.75) is 32.5 Å². The Hall–Kier alpha value is -0.380. The first kappa shape index (κ1) is 11.7. The van der Waals surface area contributed by atoms with Gasteiger partial charge in [-0.05, 0) is 44.8 Å². The molecule has 0 aliphatic carbocycles. The van der Waals surface area contributed by atoms with Crippen molar-refractivity contribution in [3.05, 3.63) is 22.4 Å². The average Bonchev–Trinajstić information content (AvgIpc) is 2.68. The van der Waals surface area contributed by atoms with E-state index in [1.807, 2.05) is 7.05 Å². The van der Waals surface area contributed by atoms with Crippen LogP contribution in [0.1, 0.15) is 24.6 Å². The molecule has 3 heteroatoms. The fourth-order valence-corrected chi connectivity index (χ4v) is 1.89. The van der Waals surface area contributed by atoms with Gasteiger partial charge < -0.3 is 10.1 Å². The van der Waals surface area contributed by atoms with E-state index in [2.05, 4.69) is 29.8 Å². The summed E-state index contributed by atoms with van der Waals surface area (Å²) in [5.41, 5.74) is 0. The lowest BCUT2D eigenvalue weighted by molar-refractivity contribution is 0.0480. The summed E-state index contributed by atoms with van der Waals surface area (Å²) in [5.74, 6) is 0. The zero-order valence-corrected chi connectivity index (χ0v) is 9.77. The van der Waals surface area contributed by atoms with Crippen LogP contribution in [0, 0.1) is 0 Å². The van der Waals surface area contributed by atoms with E-state index in [1.54, 1.807) is 11.3 Å². The van der Waals surface area contributed by atoms with Gasteiger partial charge in [0.15, 0.2) is 0 Å². The number of ether oxygens (including phenoxy) is 1. The van der Waals surface area contributed by atoms with Gasteiger partial charge in [0.05, 0.1) is 12.7 Å². The summed E-state index contributed by atoms with van der Waals surface area (Å²) in [6, 6.07) is 4.18. The molecule has 0 aliphatic heterocycles. The van der Waals surface area contributed by atoms with Gasteiger partial charge in [-0.1, -0.05) is 6.07 Å². The Morgan fingerprint density at radius 1 is 1.57 bits per heavy atom. The first-order valence-electron chi connectivity index (χ1n) is 5.11. The normalized spacial score (nSPS) is 13.0. The predicted octanol–water partition coefficient (Wildman–Crippen LogP) is 2.65. The molecule has 0 saturated carbocycles. The third-order valence-electron chi connectivity index (χ3n) is 2.13. The van der Waals surface area contributed by atoms with Crippen LogP contribution in [0.2, 0.25) is 0 Å². The van der Waals surface area contributed by atoms with Crippen LogP contribution in [0.4, 0.5) is 0 Å². The zero-order chi connectivity index (χ0) is 10.2. The van der Waals surface area contributed by atoms with Crippen molar-refractivity contribution in [2.24, 2.45) is 0 Å². The molecule has 0 aliphatic rings. The average molecular weight is 213 g/mol. The van der Waals surface area contributed by atoms with Crippen LogP contribution in [-0.2, 0) is 11.3 Å². The summed E-state index contributed by atoms with van der Waals surface area (Å²) in [7, 11) is 1.98. The Labute approximate surface area is 90.3 Å². The second-order valence-electron chi connectivity index (χ2n) is 3.45. The molecule has 0 radical (unpaired) electrons. The van der Waals surface area contributed by atoms with Gasteiger partial charge in [-0.15, -0.1) is 11.3 Å². The minimum absolute atomic E-state index is 0.366. The molecule has 14 heavy (non-hydrogen) atoms. The van der Waals surface area contributed by atoms with Crippen molar-refractivity contribution in [3.63, 3.8) is 0 Å². The number of hydrogen-bond acceptors (Lipinski definition) is 3. The third kappa shape index (κ3) is 4.74. The summed E-state index contributed by atoms with van der Waals surface area (Å²) in [6.45, 7) is 3.98. The molecule has 0 spiro atoms. The molecule has 2 nitrogen and oxygen atoms in total. The third-order valence-corrected chi connectivity index (χ3v) is 2.98. The van der Waals surface area contributed by atoms with Crippen LogP contribution in [0.25, 0.3) is 0 Å². The van der Waals surface area contributed by atoms with Gasteiger partial charge in [0.25, 0.3) is 0 Å². The molecule has 0 bridgehead atoms. The minimum Gasteiger partial charge on any atom is -0.373 e. The van der Waals surface area contributed by atoms with Gasteiger partial charge in [0, 0.05) is 4.88 Å². The summed E-state index contributed by atoms with van der Waals surface area (Å²) >= 11 is 1.76. The minimum atomic E-state index is 0.366. The highest BCUT2D eigenvalue weighted by atomic mass is 32.1. The maximum atomic E-state index is 5.72. The number of nitrogens with one attached hydrogen (secondary N) is 1. The molecule has 80 valence electrons. The highest BCUT2D eigenvalue weighted by Gasteiger charge is 2.02. The molecule has 1 aromatic heterocycles. The van der Waals surface area contributed by atoms with Crippen molar-refractivity contribution in [1.82, 2.24) is 5.32 Å². The maximum absolute atomic E-state index is 5.72. The van der Waals surface area contributed by atoms with Crippen LogP contribution < -0.4 is 5.32 Å². The molecule has 1 aromatic rings. The van der Waals surface area contributed by atoms with E-state index in [9.17, 15) is 0 Å². The van der Waals surface area contributed by atoms with Crippen molar-refractivity contribution in [2.75, 3.05) is 13.6 Å². The Balaban J connectivity index is 2.06. The zero-order valence-electron chi connectivity index (χ0n) is 8.95. The van der Waals surface area contributed by atoms with Crippen molar-refractivity contribution in [1.29, 1.82) is 0 Å². The van der Waals surface area contributed by atoms with Gasteiger partial charge in [-0.25, -0.2) is 0 Å². The van der Waals surface area contributed by atoms with Crippen molar-refractivity contribution in [3.8, 4) is 0 Å². The first-order chi connectivity index (χ1) is 6.83. The molecule has 1 N–H and O–H groups in total. The SMILES string of the molecule is CNCCCC(C)OCc1cccs1. The lowest BCUT2D eigenvalue weighted by Gasteiger charge is -2.11. The number of thiophene rings is 1. The number of hydrogen-bond donors (Lipinski definition) is 1. The number of rotatable bonds is 7. The Morgan fingerprint density at radius 3 is 3.07 bits per heavy atom. The van der Waals surface area contributed by atoms with Crippen LogP contribution in [0.5, 0.6) is 0 Å². The van der Waals surface area contributed by atoms with Crippen LogP contribution in [-0.4, -0.2) is 19.7 Å². The maximum Gasteiger partial charge on any atom is 0.0812 e. The van der Waals surface area contributed by atoms with E-state index >= 15 is 0 Å². The van der Waals surface area contributed by atoms with E-state index < -0.39 is 0 Å². The Kier molecular flexibility index (Phi) is 5.83. The highest BCUT2D eigenvalue weighted by molar-refractivity contribution is 7.09. The summed E-state index contributed by atoms with van der Waals surface area (Å²) in [5, 5.41) is 5.23. The lowest BCUT2D eigenvalue weighted by Crippen LogP contribution is -2.13. The molecule has 1 heterocycles. The van der Waals surface area contributed by atoms with Gasteiger partial charge in [0.1, 0.15) is 0 Å². The van der Waals surface area contributed by atoms with Gasteiger partial charge in [-0.3, -0.25) is 0 Å². The van der Waals surface area contributed by atoms with Crippen LogP contribution >= 0.6 is 11.3 Å². The summed E-state index contributed by atoms with van der Waals surface area (Å²) < 4.78 is 5.72. The smallest absolute Gasteiger partial charge is 0.0812 e. The first-order valence-corrected chi connectivity index (χ1v) is 5.99. The second-order valence-corrected chi connectivity index (χ2v) is 4.48. The van der Waals surface area contributed by atoms with Crippen LogP contribution in [0.3, 0.4) is 0 Å². The second kappa shape index (κ2) is 6.98. The van der Waals surface area contributed by atoms with Gasteiger partial charge in [-0.2, -0.15) is 0 Å². The Morgan fingerprint density at radius 2 is 2.43 bits per heavy atom. The van der Waals surface area contributed by atoms with E-state index in [0.29, 0.717) is 6.10 Å². The fraction of sp³-hybridized carbons (Fsp3) is 0.636. The van der Waals surface area contributed by atoms with Crippen molar-refractivity contribution >= 4 is 11.3 Å². The fourth-order valence-electron chi connectivity index (χ4n) is 1.27. The van der Waals surface area contributed by atoms with E-state index in [0.717, 1.165) is 19.6 Å². The predicted molar refractivity (Wildman–Crippen MR) is 61.7 cm³/mol. The van der Waals surface area contributed by atoms with Crippen molar-refractivity contribution < 1.29 is 4.74 Å². The highest BCUT2D eigenvalue weighted by Crippen LogP contribution is 2.12. The molecule has 0 saturated heterocycles. The molecule has 1 unspecified atom stereocenters. The quantitative estimate of drug-likeness (QED) is 0.703. The standard InChI is InChI=1S/C11H19NOS/c1-10(5-3-7-12-2)13-9-11-6-4-8-14-11/h4,6,8,10,12H,3,5,7,9H2,1-2H3. The lowest BCUT2D eigenvalue weighted by atomic mass is 10.2. The monoisotopic (exact) mass is 213 g/mol. The Bertz CT molecular complexity index is 223. The molecular formula is C11H19NOS. The molecule has 1 rings (SSSR count). The topological polar surface area (TPSA) is 21.3 Å². The van der Waals surface area contributed by atoms with Gasteiger partial charge >= 0.3 is 0 Å². The molecule has 1 atom stereocenters. The largest absolute Gasteiger partial charge is 0.373 e. The van der Waals surface area contributed by atoms with Gasteiger partial charge in [0.2, 0.25) is 0 Å². The summed E-state index contributed by atoms with van der Waals surface area (Å²) in [4.78, 5) is 1.31. The molecule has 0 amide bonds. The molecular weight excluding hydrogens is 194 g/mol. The van der Waals surface area contributed by atoms with E-state index in [4.69, 9.17) is 4.74 Å². The molecule has 0 aromatic carbocycles.